The Morgan fingerprint density at radius 1 is 1.39 bits per heavy atom. The second-order valence-corrected chi connectivity index (χ2v) is 8.51. The van der Waals surface area contributed by atoms with Gasteiger partial charge in [-0.05, 0) is 31.4 Å². The summed E-state index contributed by atoms with van der Waals surface area (Å²) in [5.41, 5.74) is 0. The topological polar surface area (TPSA) is 37.4 Å². The first-order chi connectivity index (χ1) is 8.55. The van der Waals surface area contributed by atoms with E-state index in [2.05, 4.69) is 0 Å². The van der Waals surface area contributed by atoms with Crippen molar-refractivity contribution < 1.29 is 8.42 Å². The molecule has 1 saturated carbocycles. The zero-order valence-electron chi connectivity index (χ0n) is 9.81. The van der Waals surface area contributed by atoms with Crippen LogP contribution in [0.5, 0.6) is 0 Å². The monoisotopic (exact) mass is 327 g/mol. The van der Waals surface area contributed by atoms with Gasteiger partial charge in [0.05, 0.1) is 4.34 Å². The summed E-state index contributed by atoms with van der Waals surface area (Å²) < 4.78 is 27.5. The Morgan fingerprint density at radius 3 is 2.56 bits per heavy atom. The minimum Gasteiger partial charge on any atom is -0.206 e. The third-order valence-electron chi connectivity index (χ3n) is 3.11. The highest BCUT2D eigenvalue weighted by Crippen LogP contribution is 2.33. The van der Waals surface area contributed by atoms with Crippen molar-refractivity contribution >= 4 is 44.6 Å². The zero-order chi connectivity index (χ0) is 13.2. The molecular weight excluding hydrogens is 313 g/mol. The summed E-state index contributed by atoms with van der Waals surface area (Å²) in [6.07, 6.45) is 3.67. The number of sulfonamides is 1. The van der Waals surface area contributed by atoms with Gasteiger partial charge in [-0.2, -0.15) is 4.31 Å². The van der Waals surface area contributed by atoms with E-state index in [1.54, 1.807) is 16.4 Å². The Kier molecular flexibility index (Phi) is 4.94. The number of rotatable bonds is 6. The van der Waals surface area contributed by atoms with Crippen molar-refractivity contribution in [3.8, 4) is 0 Å². The van der Waals surface area contributed by atoms with Crippen molar-refractivity contribution in [2.45, 2.75) is 35.9 Å². The third kappa shape index (κ3) is 3.02. The van der Waals surface area contributed by atoms with Gasteiger partial charge in [0.2, 0.25) is 0 Å². The highest BCUT2D eigenvalue weighted by Gasteiger charge is 2.35. The normalized spacial score (nSPS) is 17.1. The van der Waals surface area contributed by atoms with Gasteiger partial charge in [0.25, 0.3) is 10.0 Å². The van der Waals surface area contributed by atoms with Crippen LogP contribution in [-0.4, -0.2) is 31.2 Å². The Labute approximate surface area is 122 Å². The van der Waals surface area contributed by atoms with Crippen LogP contribution in [0, 0.1) is 0 Å². The van der Waals surface area contributed by atoms with E-state index < -0.39 is 10.0 Å². The Balaban J connectivity index is 2.22. The summed E-state index contributed by atoms with van der Waals surface area (Å²) in [7, 11) is -3.40. The lowest BCUT2D eigenvalue weighted by Gasteiger charge is -2.36. The quantitative estimate of drug-likeness (QED) is 0.749. The van der Waals surface area contributed by atoms with E-state index in [0.717, 1.165) is 30.6 Å². The van der Waals surface area contributed by atoms with Gasteiger partial charge in [0, 0.05) is 18.5 Å². The molecular formula is C11H15Cl2NO2S2. The number of alkyl halides is 1. The minimum atomic E-state index is -3.40. The number of hydrogen-bond donors (Lipinski definition) is 0. The molecule has 3 nitrogen and oxygen atoms in total. The average Bonchev–Trinajstić information content (AvgIpc) is 2.68. The van der Waals surface area contributed by atoms with Gasteiger partial charge in [-0.15, -0.1) is 22.9 Å². The molecule has 0 saturated heterocycles. The van der Waals surface area contributed by atoms with Crippen LogP contribution in [0.2, 0.25) is 4.34 Å². The summed E-state index contributed by atoms with van der Waals surface area (Å²) in [5.74, 6) is 0.476. The molecule has 0 aliphatic heterocycles. The Morgan fingerprint density at radius 2 is 2.11 bits per heavy atom. The molecule has 0 bridgehead atoms. The van der Waals surface area contributed by atoms with Crippen LogP contribution < -0.4 is 0 Å². The van der Waals surface area contributed by atoms with Crippen LogP contribution in [-0.2, 0) is 10.0 Å². The average molecular weight is 328 g/mol. The van der Waals surface area contributed by atoms with Crippen molar-refractivity contribution in [3.63, 3.8) is 0 Å². The van der Waals surface area contributed by atoms with E-state index in [0.29, 0.717) is 27.4 Å². The molecule has 1 aliphatic carbocycles. The van der Waals surface area contributed by atoms with Gasteiger partial charge in [0.15, 0.2) is 0 Å². The molecule has 0 atom stereocenters. The standard InChI is InChI=1S/C11H15Cl2NO2S2/c12-7-2-8-14(9-3-1-4-9)18(15,16)11-6-5-10(13)17-11/h5-6,9H,1-4,7-8H2. The number of halogens is 2. The van der Waals surface area contributed by atoms with Gasteiger partial charge >= 0.3 is 0 Å². The van der Waals surface area contributed by atoms with Crippen molar-refractivity contribution in [1.82, 2.24) is 4.31 Å². The van der Waals surface area contributed by atoms with E-state index in [-0.39, 0.29) is 6.04 Å². The molecule has 1 aliphatic rings. The van der Waals surface area contributed by atoms with Crippen LogP contribution in [0.25, 0.3) is 0 Å². The van der Waals surface area contributed by atoms with Gasteiger partial charge in [-0.1, -0.05) is 18.0 Å². The van der Waals surface area contributed by atoms with Crippen LogP contribution in [0.4, 0.5) is 0 Å². The van der Waals surface area contributed by atoms with E-state index in [1.165, 1.54) is 0 Å². The molecule has 0 radical (unpaired) electrons. The Hall–Kier alpha value is 0.190. The van der Waals surface area contributed by atoms with Crippen molar-refractivity contribution in [3.05, 3.63) is 16.5 Å². The highest BCUT2D eigenvalue weighted by atomic mass is 35.5. The molecule has 0 N–H and O–H groups in total. The van der Waals surface area contributed by atoms with Gasteiger partial charge in [-0.3, -0.25) is 0 Å². The summed E-state index contributed by atoms with van der Waals surface area (Å²) in [6, 6.07) is 3.34. The predicted octanol–water partition coefficient (Wildman–Crippen LogP) is 3.57. The van der Waals surface area contributed by atoms with Crippen LogP contribution in [0.3, 0.4) is 0 Å². The molecule has 0 amide bonds. The van der Waals surface area contributed by atoms with Crippen molar-refractivity contribution in [2.75, 3.05) is 12.4 Å². The molecule has 102 valence electrons. The van der Waals surface area contributed by atoms with Gasteiger partial charge in [0.1, 0.15) is 4.21 Å². The Bertz CT molecular complexity index is 497. The fourth-order valence-corrected chi connectivity index (χ4v) is 5.40. The van der Waals surface area contributed by atoms with E-state index in [4.69, 9.17) is 23.2 Å². The van der Waals surface area contributed by atoms with Gasteiger partial charge in [-0.25, -0.2) is 8.42 Å². The predicted molar refractivity (Wildman–Crippen MR) is 76.2 cm³/mol. The fraction of sp³-hybridized carbons (Fsp3) is 0.636. The number of hydrogen-bond acceptors (Lipinski definition) is 3. The number of nitrogens with zero attached hydrogens (tertiary/aromatic N) is 1. The summed E-state index contributed by atoms with van der Waals surface area (Å²) in [4.78, 5) is 0. The first-order valence-corrected chi connectivity index (χ1v) is 9.06. The second-order valence-electron chi connectivity index (χ2n) is 4.30. The molecule has 1 aromatic rings. The van der Waals surface area contributed by atoms with Crippen molar-refractivity contribution in [1.29, 1.82) is 0 Å². The maximum Gasteiger partial charge on any atom is 0.252 e. The maximum atomic E-state index is 12.5. The zero-order valence-corrected chi connectivity index (χ0v) is 13.0. The first-order valence-electron chi connectivity index (χ1n) is 5.89. The summed E-state index contributed by atoms with van der Waals surface area (Å²) in [5, 5.41) is 0. The molecule has 7 heteroatoms. The van der Waals surface area contributed by atoms with Gasteiger partial charge < -0.3 is 0 Å². The lowest BCUT2D eigenvalue weighted by Crippen LogP contribution is -2.44. The summed E-state index contributed by atoms with van der Waals surface area (Å²) >= 11 is 12.6. The van der Waals surface area contributed by atoms with Crippen LogP contribution in [0.1, 0.15) is 25.7 Å². The maximum absolute atomic E-state index is 12.5. The smallest absolute Gasteiger partial charge is 0.206 e. The van der Waals surface area contributed by atoms with E-state index in [9.17, 15) is 8.42 Å². The lowest BCUT2D eigenvalue weighted by atomic mass is 9.93. The van der Waals surface area contributed by atoms with E-state index in [1.807, 2.05) is 0 Å². The molecule has 18 heavy (non-hydrogen) atoms. The molecule has 1 heterocycles. The first kappa shape index (κ1) is 14.6. The summed E-state index contributed by atoms with van der Waals surface area (Å²) in [6.45, 7) is 0.492. The molecule has 2 rings (SSSR count). The van der Waals surface area contributed by atoms with E-state index >= 15 is 0 Å². The van der Waals surface area contributed by atoms with Crippen molar-refractivity contribution in [2.24, 2.45) is 0 Å². The third-order valence-corrected chi connectivity index (χ3v) is 7.02. The van der Waals surface area contributed by atoms with Crippen LogP contribution >= 0.6 is 34.5 Å². The highest BCUT2D eigenvalue weighted by molar-refractivity contribution is 7.91. The molecule has 1 aromatic heterocycles. The minimum absolute atomic E-state index is 0.138. The second kappa shape index (κ2) is 6.09. The van der Waals surface area contributed by atoms with Crippen LogP contribution in [0.15, 0.2) is 16.3 Å². The largest absolute Gasteiger partial charge is 0.252 e. The molecule has 0 unspecified atom stereocenters. The SMILES string of the molecule is O=S(=O)(c1ccc(Cl)s1)N(CCCCl)C1CCC1. The lowest BCUT2D eigenvalue weighted by molar-refractivity contribution is 0.220. The number of thiophene rings is 1. The molecule has 1 fully saturated rings. The molecule has 0 spiro atoms. The molecule has 0 aromatic carbocycles. The fourth-order valence-electron chi connectivity index (χ4n) is 1.94.